The molecule has 0 saturated heterocycles. The third-order valence-electron chi connectivity index (χ3n) is 2.76. The Bertz CT molecular complexity index is 573. The number of benzene rings is 1. The maximum absolute atomic E-state index is 13.2. The third kappa shape index (κ3) is 6.98. The number of alkyl carbamates (subject to hydrolysis) is 1. The van der Waals surface area contributed by atoms with Gasteiger partial charge in [0.1, 0.15) is 12.4 Å². The zero-order valence-electron chi connectivity index (χ0n) is 12.5. The summed E-state index contributed by atoms with van der Waals surface area (Å²) >= 11 is 0. The van der Waals surface area contributed by atoms with E-state index in [4.69, 9.17) is 0 Å². The molecule has 0 aliphatic carbocycles. The van der Waals surface area contributed by atoms with Gasteiger partial charge in [0.05, 0.1) is 5.54 Å². The topological polar surface area (TPSA) is 67.4 Å². The summed E-state index contributed by atoms with van der Waals surface area (Å²) in [6.07, 6.45) is -6.00. The zero-order valence-corrected chi connectivity index (χ0v) is 12.5. The highest BCUT2D eigenvalue weighted by Gasteiger charge is 2.30. The van der Waals surface area contributed by atoms with Crippen LogP contribution in [0, 0.1) is 5.82 Å². The van der Waals surface area contributed by atoms with Crippen LogP contribution < -0.4 is 10.6 Å². The van der Waals surface area contributed by atoms with Crippen LogP contribution in [0.15, 0.2) is 24.3 Å². The molecular weight excluding hydrogens is 320 g/mol. The van der Waals surface area contributed by atoms with Crippen molar-refractivity contribution in [2.45, 2.75) is 25.6 Å². The predicted molar refractivity (Wildman–Crippen MR) is 73.0 cm³/mol. The Morgan fingerprint density at radius 3 is 2.43 bits per heavy atom. The molecule has 0 fully saturated rings. The van der Waals surface area contributed by atoms with Crippen molar-refractivity contribution in [3.05, 3.63) is 35.6 Å². The second kappa shape index (κ2) is 7.30. The van der Waals surface area contributed by atoms with Gasteiger partial charge in [-0.2, -0.15) is 13.2 Å². The van der Waals surface area contributed by atoms with Crippen molar-refractivity contribution in [1.82, 2.24) is 10.6 Å². The number of alkyl halides is 3. The molecule has 9 heteroatoms. The smallest absolute Gasteiger partial charge is 0.422 e. The second-order valence-electron chi connectivity index (χ2n) is 5.23. The molecule has 0 heterocycles. The number of amides is 2. The summed E-state index contributed by atoms with van der Waals surface area (Å²) in [7, 11) is 0. The van der Waals surface area contributed by atoms with E-state index in [2.05, 4.69) is 10.1 Å². The highest BCUT2D eigenvalue weighted by atomic mass is 19.4. The van der Waals surface area contributed by atoms with Gasteiger partial charge >= 0.3 is 12.3 Å². The van der Waals surface area contributed by atoms with Crippen LogP contribution in [0.5, 0.6) is 0 Å². The Morgan fingerprint density at radius 2 is 1.87 bits per heavy atom. The van der Waals surface area contributed by atoms with Crippen LogP contribution in [0.1, 0.15) is 19.4 Å². The van der Waals surface area contributed by atoms with Gasteiger partial charge in [-0.25, -0.2) is 9.18 Å². The number of hydrogen-bond donors (Lipinski definition) is 2. The molecule has 5 nitrogen and oxygen atoms in total. The first-order valence-corrected chi connectivity index (χ1v) is 6.54. The number of carbonyl (C=O) groups excluding carboxylic acids is 2. The van der Waals surface area contributed by atoms with E-state index in [1.807, 2.05) is 5.32 Å². The van der Waals surface area contributed by atoms with Crippen molar-refractivity contribution in [2.24, 2.45) is 0 Å². The molecule has 0 unspecified atom stereocenters. The first-order chi connectivity index (χ1) is 10.5. The normalized spacial score (nSPS) is 11.7. The largest absolute Gasteiger partial charge is 0.440 e. The summed E-state index contributed by atoms with van der Waals surface area (Å²) in [6.45, 7) is 0.911. The lowest BCUT2D eigenvalue weighted by atomic mass is 9.94. The van der Waals surface area contributed by atoms with Crippen LogP contribution >= 0.6 is 0 Å². The van der Waals surface area contributed by atoms with E-state index in [-0.39, 0.29) is 0 Å². The van der Waals surface area contributed by atoms with Gasteiger partial charge in [0.15, 0.2) is 6.61 Å². The van der Waals surface area contributed by atoms with Gasteiger partial charge in [-0.3, -0.25) is 4.79 Å². The Labute approximate surface area is 130 Å². The minimum atomic E-state index is -4.64. The van der Waals surface area contributed by atoms with E-state index in [1.165, 1.54) is 18.2 Å². The molecule has 1 aromatic carbocycles. The van der Waals surface area contributed by atoms with Crippen LogP contribution in [0.3, 0.4) is 0 Å². The molecule has 1 aromatic rings. The van der Waals surface area contributed by atoms with E-state index < -0.39 is 42.7 Å². The summed E-state index contributed by atoms with van der Waals surface area (Å²) in [5, 5.41) is 4.42. The van der Waals surface area contributed by atoms with Crippen LogP contribution in [-0.2, 0) is 15.1 Å². The lowest BCUT2D eigenvalue weighted by Gasteiger charge is -2.27. The molecule has 2 amide bonds. The molecular formula is C14H16F4N2O3. The van der Waals surface area contributed by atoms with Gasteiger partial charge in [-0.15, -0.1) is 0 Å². The number of ether oxygens (including phenoxy) is 1. The maximum Gasteiger partial charge on any atom is 0.422 e. The molecule has 0 radical (unpaired) electrons. The number of nitrogens with one attached hydrogen (secondary N) is 2. The molecule has 0 aliphatic rings. The van der Waals surface area contributed by atoms with Crippen LogP contribution in [-0.4, -0.2) is 31.3 Å². The number of rotatable bonds is 5. The third-order valence-corrected chi connectivity index (χ3v) is 2.76. The number of carbonyl (C=O) groups is 2. The lowest BCUT2D eigenvalue weighted by molar-refractivity contribution is -0.160. The lowest BCUT2D eigenvalue weighted by Crippen LogP contribution is -2.46. The predicted octanol–water partition coefficient (Wildman–Crippen LogP) is 2.47. The van der Waals surface area contributed by atoms with Crippen molar-refractivity contribution in [2.75, 3.05) is 13.2 Å². The van der Waals surface area contributed by atoms with Crippen molar-refractivity contribution < 1.29 is 31.9 Å². The Morgan fingerprint density at radius 1 is 1.22 bits per heavy atom. The summed E-state index contributed by atoms with van der Waals surface area (Å²) in [5.74, 6) is -1.14. The van der Waals surface area contributed by atoms with Gasteiger partial charge in [0, 0.05) is 0 Å². The van der Waals surface area contributed by atoms with Gasteiger partial charge < -0.3 is 15.4 Å². The zero-order chi connectivity index (χ0) is 17.7. The fourth-order valence-electron chi connectivity index (χ4n) is 1.69. The summed E-state index contributed by atoms with van der Waals surface area (Å²) in [4.78, 5) is 22.7. The van der Waals surface area contributed by atoms with Crippen LogP contribution in [0.25, 0.3) is 0 Å². The second-order valence-corrected chi connectivity index (χ2v) is 5.23. The van der Waals surface area contributed by atoms with E-state index in [0.717, 1.165) is 0 Å². The molecule has 0 saturated carbocycles. The molecule has 1 rings (SSSR count). The molecule has 0 atom stereocenters. The highest BCUT2D eigenvalue weighted by Crippen LogP contribution is 2.20. The average molecular weight is 336 g/mol. The van der Waals surface area contributed by atoms with Gasteiger partial charge in [0.25, 0.3) is 0 Å². The van der Waals surface area contributed by atoms with Gasteiger partial charge in [-0.1, -0.05) is 12.1 Å². The van der Waals surface area contributed by atoms with Crippen molar-refractivity contribution in [3.63, 3.8) is 0 Å². The van der Waals surface area contributed by atoms with Crippen LogP contribution in [0.4, 0.5) is 22.4 Å². The molecule has 23 heavy (non-hydrogen) atoms. The Balaban J connectivity index is 2.48. The Kier molecular flexibility index (Phi) is 5.94. The minimum Gasteiger partial charge on any atom is -0.440 e. The van der Waals surface area contributed by atoms with E-state index in [0.29, 0.717) is 5.56 Å². The SMILES string of the molecule is CC(C)(NC(=O)CNC(=O)OCC(F)(F)F)c1cccc(F)c1. The van der Waals surface area contributed by atoms with Crippen molar-refractivity contribution >= 4 is 12.0 Å². The molecule has 128 valence electrons. The summed E-state index contributed by atoms with van der Waals surface area (Å²) in [6, 6.07) is 5.57. The van der Waals surface area contributed by atoms with Gasteiger partial charge in [-0.05, 0) is 31.5 Å². The monoisotopic (exact) mass is 336 g/mol. The van der Waals surface area contributed by atoms with E-state index >= 15 is 0 Å². The van der Waals surface area contributed by atoms with Crippen LogP contribution in [0.2, 0.25) is 0 Å². The number of hydrogen-bond acceptors (Lipinski definition) is 3. The molecule has 0 aromatic heterocycles. The molecule has 2 N–H and O–H groups in total. The summed E-state index contributed by atoms with van der Waals surface area (Å²) < 4.78 is 52.6. The molecule has 0 bridgehead atoms. The fourth-order valence-corrected chi connectivity index (χ4v) is 1.69. The molecule has 0 aliphatic heterocycles. The standard InChI is InChI=1S/C14H16F4N2O3/c1-13(2,9-4-3-5-10(15)6-9)20-11(21)7-19-12(22)23-8-14(16,17)18/h3-6H,7-8H2,1-2H3,(H,19,22)(H,20,21). The fraction of sp³-hybridized carbons (Fsp3) is 0.429. The summed E-state index contributed by atoms with van der Waals surface area (Å²) in [5.41, 5.74) is -0.443. The first kappa shape index (κ1) is 18.7. The Hall–Kier alpha value is -2.32. The van der Waals surface area contributed by atoms with Crippen molar-refractivity contribution in [3.8, 4) is 0 Å². The maximum atomic E-state index is 13.2. The van der Waals surface area contributed by atoms with E-state index in [9.17, 15) is 27.2 Å². The van der Waals surface area contributed by atoms with Gasteiger partial charge in [0.2, 0.25) is 5.91 Å². The quantitative estimate of drug-likeness (QED) is 0.812. The average Bonchev–Trinajstić information content (AvgIpc) is 2.41. The van der Waals surface area contributed by atoms with E-state index in [1.54, 1.807) is 19.9 Å². The van der Waals surface area contributed by atoms with Crippen molar-refractivity contribution in [1.29, 1.82) is 0 Å². The first-order valence-electron chi connectivity index (χ1n) is 6.54. The highest BCUT2D eigenvalue weighted by molar-refractivity contribution is 5.82. The minimum absolute atomic E-state index is 0.473. The number of halogens is 4. The molecule has 0 spiro atoms.